The summed E-state index contributed by atoms with van der Waals surface area (Å²) in [4.78, 5) is 11.1. The summed E-state index contributed by atoms with van der Waals surface area (Å²) >= 11 is 0. The van der Waals surface area contributed by atoms with Crippen LogP contribution in [0.1, 0.15) is 52.0 Å². The lowest BCUT2D eigenvalue weighted by atomic mass is 9.95. The van der Waals surface area contributed by atoms with E-state index >= 15 is 0 Å². The fourth-order valence-corrected chi connectivity index (χ4v) is 3.20. The van der Waals surface area contributed by atoms with Crippen molar-refractivity contribution in [1.29, 1.82) is 0 Å². The first-order valence-electron chi connectivity index (χ1n) is 9.95. The van der Waals surface area contributed by atoms with E-state index in [1.807, 2.05) is 43.2 Å². The number of benzene rings is 2. The minimum absolute atomic E-state index is 0.109. The molecular weight excluding hydrogens is 350 g/mol. The van der Waals surface area contributed by atoms with Gasteiger partial charge in [0.2, 0.25) is 0 Å². The van der Waals surface area contributed by atoms with Crippen molar-refractivity contribution in [3.8, 4) is 11.1 Å². The second-order valence-corrected chi connectivity index (χ2v) is 7.20. The van der Waals surface area contributed by atoms with Crippen LogP contribution in [0.3, 0.4) is 0 Å². The van der Waals surface area contributed by atoms with E-state index in [0.29, 0.717) is 10.9 Å². The lowest BCUT2D eigenvalue weighted by Crippen LogP contribution is -2.19. The van der Waals surface area contributed by atoms with E-state index < -0.39 is 0 Å². The predicted octanol–water partition coefficient (Wildman–Crippen LogP) is 4.68. The number of nitrogens with zero attached hydrogens (tertiary/aromatic N) is 3. The van der Waals surface area contributed by atoms with Gasteiger partial charge in [-0.1, -0.05) is 70.4 Å². The maximum atomic E-state index is 11.1. The molecule has 0 aromatic heterocycles. The summed E-state index contributed by atoms with van der Waals surface area (Å²) in [6.45, 7) is 6.56. The second-order valence-electron chi connectivity index (χ2n) is 7.20. The zero-order valence-electron chi connectivity index (χ0n) is 16.9. The summed E-state index contributed by atoms with van der Waals surface area (Å²) in [5, 5.41) is 23.0. The van der Waals surface area contributed by atoms with Crippen molar-refractivity contribution < 1.29 is 9.90 Å². The van der Waals surface area contributed by atoms with E-state index in [0.717, 1.165) is 47.2 Å². The molecule has 0 aliphatic carbocycles. The molecule has 0 spiro atoms. The summed E-state index contributed by atoms with van der Waals surface area (Å²) in [6.07, 6.45) is 5.24. The maximum Gasteiger partial charge on any atom is 0.132 e. The van der Waals surface area contributed by atoms with Crippen molar-refractivity contribution in [2.24, 2.45) is 21.4 Å². The van der Waals surface area contributed by atoms with E-state index in [2.05, 4.69) is 29.3 Å². The largest absolute Gasteiger partial charge is 0.237 e. The van der Waals surface area contributed by atoms with Crippen LogP contribution in [0.25, 0.3) is 11.1 Å². The third kappa shape index (κ3) is 5.69. The summed E-state index contributed by atoms with van der Waals surface area (Å²) in [5.74, 6) is 2.80. The van der Waals surface area contributed by atoms with Crippen LogP contribution in [-0.4, -0.2) is 12.5 Å². The first-order chi connectivity index (χ1) is 13.6. The van der Waals surface area contributed by atoms with Crippen LogP contribution in [0.15, 0.2) is 51.8 Å². The van der Waals surface area contributed by atoms with Crippen molar-refractivity contribution in [2.45, 2.75) is 52.9 Å². The maximum absolute atomic E-state index is 11.1. The summed E-state index contributed by atoms with van der Waals surface area (Å²) in [6, 6.07) is 11.6. The number of carbonyl (C=O) groups excluding carboxylic acids is 1. The topological polar surface area (TPSA) is 74.0 Å². The van der Waals surface area contributed by atoms with Gasteiger partial charge in [-0.2, -0.15) is 0 Å². The number of hydrogen-bond acceptors (Lipinski definition) is 4. The first-order valence-corrected chi connectivity index (χ1v) is 9.95. The molecule has 2 aromatic rings. The zero-order chi connectivity index (χ0) is 20.4. The molecule has 1 radical (unpaired) electrons. The van der Waals surface area contributed by atoms with Crippen LogP contribution >= 0.6 is 0 Å². The van der Waals surface area contributed by atoms with Gasteiger partial charge in [-0.15, -0.1) is 10.2 Å². The quantitative estimate of drug-likeness (QED) is 0.644. The molecule has 0 bridgehead atoms. The van der Waals surface area contributed by atoms with Gasteiger partial charge in [-0.25, -0.2) is 9.90 Å². The van der Waals surface area contributed by atoms with Gasteiger partial charge in [0.15, 0.2) is 0 Å². The lowest BCUT2D eigenvalue weighted by molar-refractivity contribution is 0.185. The fraction of sp³-hybridized carbons (Fsp3) is 0.435. The molecule has 0 unspecified atom stereocenters. The van der Waals surface area contributed by atoms with E-state index in [-0.39, 0.29) is 6.61 Å². The van der Waals surface area contributed by atoms with Crippen LogP contribution in [0, 0.1) is 5.92 Å². The van der Waals surface area contributed by atoms with Gasteiger partial charge < -0.3 is 0 Å². The number of fused-ring (bicyclic) bond motifs is 1. The standard InChI is InChI=1S/C15H11N3O.C8H17O/c1-2-12-11(9-19)8-13-15(17-18-16-13)14(12)10-6-4-3-5-7-10;1-8(2)6-4-3-5-7-9/h3-8H,2H2,1H3;8H,3-7H2,1-2H3. The average Bonchev–Trinajstić information content (AvgIpc) is 3.19. The molecule has 3 rings (SSSR count). The van der Waals surface area contributed by atoms with Crippen LogP contribution < -0.4 is 10.6 Å². The van der Waals surface area contributed by atoms with Gasteiger partial charge >= 0.3 is 0 Å². The molecule has 147 valence electrons. The summed E-state index contributed by atoms with van der Waals surface area (Å²) in [7, 11) is 0. The van der Waals surface area contributed by atoms with Gasteiger partial charge in [0.05, 0.1) is 11.8 Å². The Morgan fingerprint density at radius 1 is 1.07 bits per heavy atom. The highest BCUT2D eigenvalue weighted by Gasteiger charge is 2.15. The normalized spacial score (nSPS) is 11.5. The van der Waals surface area contributed by atoms with Gasteiger partial charge in [-0.3, -0.25) is 0 Å². The third-order valence-electron chi connectivity index (χ3n) is 4.64. The molecule has 2 aromatic carbocycles. The Morgan fingerprint density at radius 2 is 1.82 bits per heavy atom. The van der Waals surface area contributed by atoms with Crippen molar-refractivity contribution in [1.82, 2.24) is 0 Å². The van der Waals surface area contributed by atoms with Crippen molar-refractivity contribution in [3.63, 3.8) is 0 Å². The second kappa shape index (κ2) is 11.3. The molecule has 0 saturated heterocycles. The van der Waals surface area contributed by atoms with Crippen LogP contribution in [0.5, 0.6) is 0 Å². The number of hydrogen-bond donors (Lipinski definition) is 0. The molecule has 1 aliphatic heterocycles. The van der Waals surface area contributed by atoms with E-state index in [4.69, 9.17) is 0 Å². The zero-order valence-corrected chi connectivity index (χ0v) is 16.9. The van der Waals surface area contributed by atoms with Crippen LogP contribution in [-0.2, 0) is 16.3 Å². The van der Waals surface area contributed by atoms with Crippen LogP contribution in [0.4, 0.5) is 5.69 Å². The van der Waals surface area contributed by atoms with E-state index in [1.54, 1.807) is 6.07 Å². The van der Waals surface area contributed by atoms with Gasteiger partial charge in [0.25, 0.3) is 0 Å². The molecule has 5 nitrogen and oxygen atoms in total. The lowest BCUT2D eigenvalue weighted by Gasteiger charge is -2.08. The van der Waals surface area contributed by atoms with Gasteiger partial charge in [0.1, 0.15) is 17.0 Å². The molecule has 0 fully saturated rings. The Balaban J connectivity index is 0.000000266. The minimum Gasteiger partial charge on any atom is -0.237 e. The molecule has 1 aliphatic rings. The van der Waals surface area contributed by atoms with Crippen molar-refractivity contribution in [2.75, 3.05) is 6.61 Å². The van der Waals surface area contributed by atoms with Gasteiger partial charge in [-0.05, 0) is 41.2 Å². The van der Waals surface area contributed by atoms with Crippen molar-refractivity contribution in [3.05, 3.63) is 52.5 Å². The highest BCUT2D eigenvalue weighted by atomic mass is 16.2. The molecule has 0 atom stereocenters. The predicted molar refractivity (Wildman–Crippen MR) is 110 cm³/mol. The van der Waals surface area contributed by atoms with E-state index in [1.165, 1.54) is 12.8 Å². The Hall–Kier alpha value is -2.62. The fourth-order valence-electron chi connectivity index (χ4n) is 3.20. The van der Waals surface area contributed by atoms with Gasteiger partial charge in [0, 0.05) is 5.56 Å². The first kappa shape index (κ1) is 21.7. The Morgan fingerprint density at radius 3 is 2.43 bits per heavy atom. The molecule has 28 heavy (non-hydrogen) atoms. The Labute approximate surface area is 166 Å². The molecule has 5 heteroatoms. The molecule has 0 amide bonds. The summed E-state index contributed by atoms with van der Waals surface area (Å²) in [5.41, 5.74) is 3.53. The van der Waals surface area contributed by atoms with E-state index in [9.17, 15) is 9.90 Å². The molecule has 0 N–H and O–H groups in total. The SMILES string of the molecule is CC(C)CCCCC[O].CCc1c(-c2ccccc2)c2c(cc1=C=O)N=NN=2. The third-order valence-corrected chi connectivity index (χ3v) is 4.64. The Kier molecular flexibility index (Phi) is 8.73. The highest BCUT2D eigenvalue weighted by molar-refractivity contribution is 5.73. The number of unbranched alkanes of at least 4 members (excludes halogenated alkanes) is 2. The monoisotopic (exact) mass is 378 g/mol. The average molecular weight is 378 g/mol. The molecular formula is C23H28N3O2. The minimum atomic E-state index is 0.109. The Bertz CT molecular complexity index is 931. The number of rotatable bonds is 7. The summed E-state index contributed by atoms with van der Waals surface area (Å²) < 4.78 is 0. The highest BCUT2D eigenvalue weighted by Crippen LogP contribution is 2.22. The van der Waals surface area contributed by atoms with Crippen LogP contribution in [0.2, 0.25) is 0 Å². The smallest absolute Gasteiger partial charge is 0.132 e. The van der Waals surface area contributed by atoms with Crippen molar-refractivity contribution >= 4 is 11.6 Å². The molecule has 0 saturated carbocycles. The molecule has 1 heterocycles.